The Hall–Kier alpha value is -1.31. The summed E-state index contributed by atoms with van der Waals surface area (Å²) < 4.78 is 40.9. The van der Waals surface area contributed by atoms with Crippen LogP contribution in [0.25, 0.3) is 0 Å². The molecule has 17 heavy (non-hydrogen) atoms. The van der Waals surface area contributed by atoms with E-state index in [0.717, 1.165) is 0 Å². The van der Waals surface area contributed by atoms with Gasteiger partial charge in [-0.05, 0) is 18.0 Å². The van der Waals surface area contributed by atoms with Crippen LogP contribution in [0.1, 0.15) is 13.3 Å². The molecule has 0 saturated carbocycles. The summed E-state index contributed by atoms with van der Waals surface area (Å²) in [5.41, 5.74) is 0. The molecule has 1 heterocycles. The summed E-state index contributed by atoms with van der Waals surface area (Å²) in [6.45, 7) is 0.964. The molecular formula is C8H10ClF3N4O. The maximum Gasteiger partial charge on any atom is 0.405 e. The van der Waals surface area contributed by atoms with Gasteiger partial charge in [-0.2, -0.15) is 28.1 Å². The first-order chi connectivity index (χ1) is 7.90. The topological polar surface area (TPSA) is 59.9 Å². The highest BCUT2D eigenvalue weighted by Crippen LogP contribution is 2.16. The molecule has 0 atom stereocenters. The van der Waals surface area contributed by atoms with Gasteiger partial charge in [0.25, 0.3) is 0 Å². The van der Waals surface area contributed by atoms with Crippen LogP contribution in [0.3, 0.4) is 0 Å². The zero-order chi connectivity index (χ0) is 12.9. The highest BCUT2D eigenvalue weighted by atomic mass is 35.5. The smallest absolute Gasteiger partial charge is 0.405 e. The fourth-order valence-corrected chi connectivity index (χ4v) is 1.00. The van der Waals surface area contributed by atoms with Gasteiger partial charge in [0.2, 0.25) is 11.2 Å². The van der Waals surface area contributed by atoms with Crippen LogP contribution in [0.5, 0.6) is 6.01 Å². The van der Waals surface area contributed by atoms with Crippen molar-refractivity contribution in [2.45, 2.75) is 19.5 Å². The second-order valence-corrected chi connectivity index (χ2v) is 3.37. The van der Waals surface area contributed by atoms with E-state index in [4.69, 9.17) is 16.3 Å². The second kappa shape index (κ2) is 5.85. The van der Waals surface area contributed by atoms with E-state index in [2.05, 4.69) is 15.0 Å². The molecule has 0 aromatic carbocycles. The van der Waals surface area contributed by atoms with Crippen LogP contribution in [0.2, 0.25) is 5.28 Å². The molecule has 0 amide bonds. The van der Waals surface area contributed by atoms with Gasteiger partial charge in [-0.3, -0.25) is 0 Å². The zero-order valence-electron chi connectivity index (χ0n) is 8.88. The van der Waals surface area contributed by atoms with E-state index in [0.29, 0.717) is 13.0 Å². The number of nitrogens with zero attached hydrogens (tertiary/aromatic N) is 3. The third-order valence-electron chi connectivity index (χ3n) is 1.47. The first-order valence-corrected chi connectivity index (χ1v) is 5.13. The van der Waals surface area contributed by atoms with Gasteiger partial charge >= 0.3 is 12.2 Å². The van der Waals surface area contributed by atoms with E-state index in [1.54, 1.807) is 0 Å². The largest absolute Gasteiger partial charge is 0.463 e. The van der Waals surface area contributed by atoms with Gasteiger partial charge in [-0.15, -0.1) is 0 Å². The number of hydrogen-bond donors (Lipinski definition) is 1. The Labute approximate surface area is 100 Å². The number of halogens is 4. The monoisotopic (exact) mass is 270 g/mol. The van der Waals surface area contributed by atoms with Gasteiger partial charge in [0.1, 0.15) is 6.54 Å². The van der Waals surface area contributed by atoms with Crippen LogP contribution < -0.4 is 10.1 Å². The van der Waals surface area contributed by atoms with Crippen LogP contribution in [-0.2, 0) is 0 Å². The molecule has 0 fully saturated rings. The van der Waals surface area contributed by atoms with Crippen molar-refractivity contribution in [1.82, 2.24) is 15.0 Å². The Kier molecular flexibility index (Phi) is 4.73. The van der Waals surface area contributed by atoms with Crippen molar-refractivity contribution in [3.05, 3.63) is 5.28 Å². The number of alkyl halides is 3. The third kappa shape index (κ3) is 5.53. The van der Waals surface area contributed by atoms with Crippen LogP contribution >= 0.6 is 11.6 Å². The fourth-order valence-electron chi connectivity index (χ4n) is 0.848. The highest BCUT2D eigenvalue weighted by Gasteiger charge is 2.27. The minimum atomic E-state index is -4.36. The van der Waals surface area contributed by atoms with Crippen LogP contribution in [-0.4, -0.2) is 34.3 Å². The SMILES string of the molecule is CCCOc1nc(Cl)nc(NCC(F)(F)F)n1. The van der Waals surface area contributed by atoms with Crippen LogP contribution in [0.4, 0.5) is 19.1 Å². The van der Waals surface area contributed by atoms with E-state index in [-0.39, 0.29) is 17.2 Å². The molecule has 1 rings (SSSR count). The van der Waals surface area contributed by atoms with Crippen LogP contribution in [0.15, 0.2) is 0 Å². The van der Waals surface area contributed by atoms with E-state index >= 15 is 0 Å². The summed E-state index contributed by atoms with van der Waals surface area (Å²) in [5.74, 6) is -0.270. The Bertz CT molecular complexity index is 374. The number of nitrogens with one attached hydrogen (secondary N) is 1. The van der Waals surface area contributed by atoms with E-state index in [1.165, 1.54) is 0 Å². The summed E-state index contributed by atoms with van der Waals surface area (Å²) in [6.07, 6.45) is -3.64. The molecule has 0 unspecified atom stereocenters. The minimum Gasteiger partial charge on any atom is -0.463 e. The van der Waals surface area contributed by atoms with Crippen molar-refractivity contribution in [2.75, 3.05) is 18.5 Å². The van der Waals surface area contributed by atoms with Gasteiger partial charge in [0.05, 0.1) is 6.61 Å². The highest BCUT2D eigenvalue weighted by molar-refractivity contribution is 6.28. The van der Waals surface area contributed by atoms with E-state index in [9.17, 15) is 13.2 Å². The van der Waals surface area contributed by atoms with Gasteiger partial charge in [-0.1, -0.05) is 6.92 Å². The molecule has 1 N–H and O–H groups in total. The number of aromatic nitrogens is 3. The summed E-state index contributed by atoms with van der Waals surface area (Å²) in [4.78, 5) is 10.7. The molecule has 96 valence electrons. The summed E-state index contributed by atoms with van der Waals surface area (Å²) in [5, 5.41) is 1.76. The predicted octanol–water partition coefficient (Wildman–Crippen LogP) is 2.29. The van der Waals surface area contributed by atoms with Gasteiger partial charge in [-0.25, -0.2) is 0 Å². The summed E-state index contributed by atoms with van der Waals surface area (Å²) >= 11 is 5.52. The summed E-state index contributed by atoms with van der Waals surface area (Å²) in [7, 11) is 0. The summed E-state index contributed by atoms with van der Waals surface area (Å²) in [6, 6.07) is -0.100. The molecule has 0 bridgehead atoms. The molecule has 0 aliphatic heterocycles. The Morgan fingerprint density at radius 2 is 2.00 bits per heavy atom. The van der Waals surface area contributed by atoms with Gasteiger partial charge in [0.15, 0.2) is 0 Å². The van der Waals surface area contributed by atoms with Crippen molar-refractivity contribution in [3.8, 4) is 6.01 Å². The van der Waals surface area contributed by atoms with Gasteiger partial charge < -0.3 is 10.1 Å². The third-order valence-corrected chi connectivity index (χ3v) is 1.64. The van der Waals surface area contributed by atoms with Crippen molar-refractivity contribution in [1.29, 1.82) is 0 Å². The number of rotatable bonds is 5. The van der Waals surface area contributed by atoms with E-state index in [1.807, 2.05) is 12.2 Å². The quantitative estimate of drug-likeness (QED) is 0.889. The van der Waals surface area contributed by atoms with Crippen molar-refractivity contribution in [3.63, 3.8) is 0 Å². The normalized spacial score (nSPS) is 11.4. The Morgan fingerprint density at radius 1 is 1.29 bits per heavy atom. The standard InChI is InChI=1S/C8H10ClF3N4O/c1-2-3-17-7-15-5(9)14-6(16-7)13-4-8(10,11)12/h2-4H2,1H3,(H,13,14,15,16). The van der Waals surface area contributed by atoms with Crippen molar-refractivity contribution in [2.24, 2.45) is 0 Å². The lowest BCUT2D eigenvalue weighted by atomic mass is 10.5. The number of anilines is 1. The molecule has 0 aliphatic carbocycles. The average molecular weight is 271 g/mol. The lowest BCUT2D eigenvalue weighted by Gasteiger charge is -2.09. The molecule has 1 aromatic heterocycles. The molecular weight excluding hydrogens is 261 g/mol. The first kappa shape index (κ1) is 13.8. The lowest BCUT2D eigenvalue weighted by molar-refractivity contribution is -0.115. The Balaban J connectivity index is 2.68. The van der Waals surface area contributed by atoms with Crippen molar-refractivity contribution >= 4 is 17.5 Å². The molecule has 5 nitrogen and oxygen atoms in total. The molecule has 0 radical (unpaired) electrons. The van der Waals surface area contributed by atoms with E-state index < -0.39 is 12.7 Å². The van der Waals surface area contributed by atoms with Crippen LogP contribution in [0, 0.1) is 0 Å². The second-order valence-electron chi connectivity index (χ2n) is 3.03. The molecule has 0 saturated heterocycles. The number of ether oxygens (including phenoxy) is 1. The predicted molar refractivity (Wildman–Crippen MR) is 55.2 cm³/mol. The fraction of sp³-hybridized carbons (Fsp3) is 0.625. The lowest BCUT2D eigenvalue weighted by Crippen LogP contribution is -2.22. The minimum absolute atomic E-state index is 0.100. The molecule has 0 aliphatic rings. The first-order valence-electron chi connectivity index (χ1n) is 4.75. The van der Waals surface area contributed by atoms with Crippen molar-refractivity contribution < 1.29 is 17.9 Å². The Morgan fingerprint density at radius 3 is 2.59 bits per heavy atom. The average Bonchev–Trinajstić information content (AvgIpc) is 2.22. The molecule has 9 heteroatoms. The zero-order valence-corrected chi connectivity index (χ0v) is 9.64. The molecule has 0 spiro atoms. The maximum absolute atomic E-state index is 11.9. The van der Waals surface area contributed by atoms with Gasteiger partial charge in [0, 0.05) is 0 Å². The molecule has 1 aromatic rings. The number of hydrogen-bond acceptors (Lipinski definition) is 5. The maximum atomic E-state index is 11.9.